The fourth-order valence-electron chi connectivity index (χ4n) is 0.667. The highest BCUT2D eigenvalue weighted by atomic mass is 14.2. The molecule has 0 bridgehead atoms. The van der Waals surface area contributed by atoms with Crippen LogP contribution in [0, 0.1) is 17.8 Å². The standard InChI is InChI=1S/C8H17/c1-6(2)8(5)7(3)4/h6,8H,1-5H3/q+1. The van der Waals surface area contributed by atoms with Gasteiger partial charge in [0.05, 0.1) is 25.7 Å². The molecular weight excluding hydrogens is 96.1 g/mol. The maximum atomic E-state index is 2.28. The number of hydrogen-bond donors (Lipinski definition) is 0. The van der Waals surface area contributed by atoms with Crippen molar-refractivity contribution in [1.29, 1.82) is 0 Å². The lowest BCUT2D eigenvalue weighted by atomic mass is 9.88. The van der Waals surface area contributed by atoms with Crippen molar-refractivity contribution >= 4 is 0 Å². The van der Waals surface area contributed by atoms with Gasteiger partial charge in [0.25, 0.3) is 0 Å². The molecule has 48 valence electrons. The second kappa shape index (κ2) is 3.01. The lowest BCUT2D eigenvalue weighted by molar-refractivity contribution is 0.437. The lowest BCUT2D eigenvalue weighted by Gasteiger charge is -2.09. The summed E-state index contributed by atoms with van der Waals surface area (Å²) in [4.78, 5) is 0. The minimum Gasteiger partial charge on any atom is -0.0584 e. The van der Waals surface area contributed by atoms with Crippen molar-refractivity contribution in [2.75, 3.05) is 0 Å². The van der Waals surface area contributed by atoms with E-state index in [2.05, 4.69) is 34.6 Å². The lowest BCUT2D eigenvalue weighted by Crippen LogP contribution is -2.08. The Labute approximate surface area is 53.3 Å². The quantitative estimate of drug-likeness (QED) is 0.483. The van der Waals surface area contributed by atoms with Crippen molar-refractivity contribution in [2.45, 2.75) is 34.6 Å². The van der Waals surface area contributed by atoms with Crippen molar-refractivity contribution in [3.8, 4) is 0 Å². The third kappa shape index (κ3) is 2.25. The maximum Gasteiger partial charge on any atom is 0.0991 e. The molecule has 0 amide bonds. The molecule has 1 unspecified atom stereocenters. The first-order valence-corrected chi connectivity index (χ1v) is 3.35. The minimum absolute atomic E-state index is 0.787. The topological polar surface area (TPSA) is 0 Å². The molecule has 0 spiro atoms. The highest BCUT2D eigenvalue weighted by Gasteiger charge is 2.19. The van der Waals surface area contributed by atoms with E-state index in [0.29, 0.717) is 0 Å². The van der Waals surface area contributed by atoms with Crippen molar-refractivity contribution in [3.05, 3.63) is 5.92 Å². The first-order valence-electron chi connectivity index (χ1n) is 3.35. The maximum absolute atomic E-state index is 2.28. The molecule has 0 aromatic heterocycles. The summed E-state index contributed by atoms with van der Waals surface area (Å²) in [5.41, 5.74) is 0. The second-order valence-corrected chi connectivity index (χ2v) is 3.11. The Morgan fingerprint density at radius 3 is 1.38 bits per heavy atom. The van der Waals surface area contributed by atoms with E-state index in [-0.39, 0.29) is 0 Å². The van der Waals surface area contributed by atoms with Crippen LogP contribution in [-0.2, 0) is 0 Å². The molecule has 0 aliphatic heterocycles. The van der Waals surface area contributed by atoms with E-state index in [4.69, 9.17) is 0 Å². The Bertz CT molecular complexity index is 45.1. The monoisotopic (exact) mass is 113 g/mol. The fourth-order valence-corrected chi connectivity index (χ4v) is 0.667. The van der Waals surface area contributed by atoms with E-state index >= 15 is 0 Å². The van der Waals surface area contributed by atoms with E-state index in [1.54, 1.807) is 5.92 Å². The van der Waals surface area contributed by atoms with E-state index in [1.165, 1.54) is 0 Å². The zero-order chi connectivity index (χ0) is 6.73. The Kier molecular flexibility index (Phi) is 2.96. The molecule has 0 radical (unpaired) electrons. The van der Waals surface area contributed by atoms with Crippen LogP contribution >= 0.6 is 0 Å². The summed E-state index contributed by atoms with van der Waals surface area (Å²) in [7, 11) is 0. The Hall–Kier alpha value is -0.130. The average molecular weight is 113 g/mol. The molecule has 0 aliphatic rings. The van der Waals surface area contributed by atoms with Gasteiger partial charge in [-0.15, -0.1) is 0 Å². The average Bonchev–Trinajstić information content (AvgIpc) is 1.64. The first kappa shape index (κ1) is 7.87. The molecule has 1 atom stereocenters. The first-order chi connectivity index (χ1) is 3.55. The molecule has 0 saturated carbocycles. The van der Waals surface area contributed by atoms with Gasteiger partial charge in [-0.25, -0.2) is 0 Å². The summed E-state index contributed by atoms with van der Waals surface area (Å²) < 4.78 is 0. The molecule has 0 fully saturated rings. The summed E-state index contributed by atoms with van der Waals surface area (Å²) in [6.07, 6.45) is 0. The van der Waals surface area contributed by atoms with Crippen LogP contribution in [0.1, 0.15) is 34.6 Å². The van der Waals surface area contributed by atoms with Crippen LogP contribution < -0.4 is 0 Å². The largest absolute Gasteiger partial charge is 0.0991 e. The van der Waals surface area contributed by atoms with Gasteiger partial charge in [0.1, 0.15) is 0 Å². The van der Waals surface area contributed by atoms with E-state index in [0.717, 1.165) is 11.8 Å². The van der Waals surface area contributed by atoms with Gasteiger partial charge >= 0.3 is 0 Å². The molecule has 0 aromatic rings. The fraction of sp³-hybridized carbons (Fsp3) is 0.875. The molecule has 0 N–H and O–H groups in total. The van der Waals surface area contributed by atoms with Crippen LogP contribution in [-0.4, -0.2) is 0 Å². The van der Waals surface area contributed by atoms with Gasteiger partial charge in [0.2, 0.25) is 0 Å². The van der Waals surface area contributed by atoms with E-state index < -0.39 is 0 Å². The summed E-state index contributed by atoms with van der Waals surface area (Å²) in [6, 6.07) is 0. The Morgan fingerprint density at radius 1 is 1.00 bits per heavy atom. The van der Waals surface area contributed by atoms with Crippen LogP contribution in [0.3, 0.4) is 0 Å². The van der Waals surface area contributed by atoms with Crippen LogP contribution in [0.25, 0.3) is 0 Å². The van der Waals surface area contributed by atoms with Crippen molar-refractivity contribution < 1.29 is 0 Å². The van der Waals surface area contributed by atoms with Crippen LogP contribution in [0.4, 0.5) is 0 Å². The Balaban J connectivity index is 3.46. The van der Waals surface area contributed by atoms with Crippen LogP contribution in [0.15, 0.2) is 0 Å². The molecule has 8 heavy (non-hydrogen) atoms. The summed E-state index contributed by atoms with van der Waals surface area (Å²) >= 11 is 0. The molecule has 0 nitrogen and oxygen atoms in total. The number of rotatable bonds is 2. The molecule has 0 rings (SSSR count). The normalized spacial score (nSPS) is 14.2. The second-order valence-electron chi connectivity index (χ2n) is 3.11. The van der Waals surface area contributed by atoms with Crippen molar-refractivity contribution in [1.82, 2.24) is 0 Å². The molecule has 0 heteroatoms. The van der Waals surface area contributed by atoms with Crippen LogP contribution in [0.5, 0.6) is 0 Å². The third-order valence-electron chi connectivity index (χ3n) is 1.91. The van der Waals surface area contributed by atoms with Gasteiger partial charge in [-0.1, -0.05) is 13.8 Å². The highest BCUT2D eigenvalue weighted by Crippen LogP contribution is 2.20. The van der Waals surface area contributed by atoms with Crippen LogP contribution in [0.2, 0.25) is 0 Å². The van der Waals surface area contributed by atoms with Crippen molar-refractivity contribution in [2.24, 2.45) is 11.8 Å². The van der Waals surface area contributed by atoms with Gasteiger partial charge in [-0.2, -0.15) is 0 Å². The molecule has 0 aliphatic carbocycles. The van der Waals surface area contributed by atoms with Gasteiger partial charge < -0.3 is 0 Å². The predicted molar refractivity (Wildman–Crippen MR) is 38.6 cm³/mol. The Morgan fingerprint density at radius 2 is 1.38 bits per heavy atom. The molecule has 0 saturated heterocycles. The third-order valence-corrected chi connectivity index (χ3v) is 1.91. The molecule has 0 aromatic carbocycles. The SMILES string of the molecule is C[C+](C)C(C)C(C)C. The summed E-state index contributed by atoms with van der Waals surface area (Å²) in [5.74, 6) is 3.13. The minimum atomic E-state index is 0.787. The van der Waals surface area contributed by atoms with E-state index in [1.807, 2.05) is 0 Å². The zero-order valence-corrected chi connectivity index (χ0v) is 6.65. The van der Waals surface area contributed by atoms with Crippen molar-refractivity contribution in [3.63, 3.8) is 0 Å². The predicted octanol–water partition coefficient (Wildman–Crippen LogP) is 2.89. The smallest absolute Gasteiger partial charge is 0.0584 e. The highest BCUT2D eigenvalue weighted by molar-refractivity contribution is 4.85. The summed E-state index contributed by atoms with van der Waals surface area (Å²) in [5, 5.41) is 0. The number of hydrogen-bond acceptors (Lipinski definition) is 0. The van der Waals surface area contributed by atoms with Gasteiger partial charge in [0.15, 0.2) is 0 Å². The summed E-state index contributed by atoms with van der Waals surface area (Å²) in [6.45, 7) is 11.2. The molecular formula is C8H17+. The molecule has 0 heterocycles. The van der Waals surface area contributed by atoms with Gasteiger partial charge in [-0.3, -0.25) is 0 Å². The van der Waals surface area contributed by atoms with E-state index in [9.17, 15) is 0 Å². The van der Waals surface area contributed by atoms with Gasteiger partial charge in [-0.05, 0) is 12.8 Å². The van der Waals surface area contributed by atoms with Gasteiger partial charge in [0, 0.05) is 0 Å². The zero-order valence-electron chi connectivity index (χ0n) is 6.65.